The van der Waals surface area contributed by atoms with Crippen molar-refractivity contribution in [3.8, 4) is 0 Å². The van der Waals surface area contributed by atoms with E-state index in [1.807, 2.05) is 0 Å². The molecular weight excluding hydrogens is 431 g/mol. The number of ketones is 3. The Balaban J connectivity index is 2.30. The normalized spacial score (nSPS) is 30.5. The minimum absolute atomic E-state index is 0.0347. The number of imidazole rings is 1. The van der Waals surface area contributed by atoms with Gasteiger partial charge in [-0.05, 0) is 32.4 Å². The van der Waals surface area contributed by atoms with Crippen molar-refractivity contribution >= 4 is 51.7 Å². The van der Waals surface area contributed by atoms with E-state index in [1.165, 1.54) is 0 Å². The molecule has 0 radical (unpaired) electrons. The summed E-state index contributed by atoms with van der Waals surface area (Å²) in [6.07, 6.45) is -4.71. The van der Waals surface area contributed by atoms with Gasteiger partial charge < -0.3 is 20.1 Å². The SMILES string of the molecule is CC(=O)C(O)[C@H]1O[C@@H](n2cnc3c(Cl)nc(Cl)nc32)[C@@](O)(C(C)=O)[C@@]1(O)C(C)=O. The first-order valence-corrected chi connectivity index (χ1v) is 8.99. The Morgan fingerprint density at radius 1 is 1.14 bits per heavy atom. The molecule has 2 aromatic heterocycles. The zero-order valence-electron chi connectivity index (χ0n) is 15.3. The summed E-state index contributed by atoms with van der Waals surface area (Å²) in [6.45, 7) is 2.80. The van der Waals surface area contributed by atoms with Crippen molar-refractivity contribution in [3.63, 3.8) is 0 Å². The predicted octanol–water partition coefficient (Wildman–Crippen LogP) is -0.379. The van der Waals surface area contributed by atoms with Gasteiger partial charge in [-0.15, -0.1) is 0 Å². The fourth-order valence-corrected chi connectivity index (χ4v) is 3.88. The van der Waals surface area contributed by atoms with Gasteiger partial charge in [0.05, 0.1) is 6.33 Å². The zero-order chi connectivity index (χ0) is 21.9. The fraction of sp³-hybridized carbons (Fsp3) is 0.500. The lowest BCUT2D eigenvalue weighted by atomic mass is 9.73. The highest BCUT2D eigenvalue weighted by Crippen LogP contribution is 2.49. The topological polar surface area (TPSA) is 165 Å². The molecule has 3 rings (SSSR count). The number of aliphatic hydroxyl groups is 3. The largest absolute Gasteiger partial charge is 0.382 e. The minimum atomic E-state index is -2.95. The van der Waals surface area contributed by atoms with Crippen LogP contribution in [0.4, 0.5) is 0 Å². The number of halogens is 2. The van der Waals surface area contributed by atoms with Gasteiger partial charge in [0.2, 0.25) is 10.9 Å². The minimum Gasteiger partial charge on any atom is -0.382 e. The smallest absolute Gasteiger partial charge is 0.225 e. The highest BCUT2D eigenvalue weighted by Gasteiger charge is 2.73. The second-order valence-electron chi connectivity index (χ2n) is 6.72. The second-order valence-corrected chi connectivity index (χ2v) is 7.41. The van der Waals surface area contributed by atoms with Gasteiger partial charge >= 0.3 is 0 Å². The molecule has 1 aliphatic rings. The van der Waals surface area contributed by atoms with Crippen molar-refractivity contribution in [2.75, 3.05) is 0 Å². The number of carbonyl (C=O) groups is 3. The molecule has 11 nitrogen and oxygen atoms in total. The summed E-state index contributed by atoms with van der Waals surface area (Å²) in [5, 5.41) is 32.2. The molecular formula is C16H16Cl2N4O7. The van der Waals surface area contributed by atoms with Crippen LogP contribution in [0.2, 0.25) is 10.4 Å². The van der Waals surface area contributed by atoms with Gasteiger partial charge in [0.1, 0.15) is 17.7 Å². The summed E-state index contributed by atoms with van der Waals surface area (Å²) in [5.41, 5.74) is -5.90. The van der Waals surface area contributed by atoms with Crippen LogP contribution in [0.25, 0.3) is 11.2 Å². The van der Waals surface area contributed by atoms with Crippen molar-refractivity contribution in [2.24, 2.45) is 0 Å². The van der Waals surface area contributed by atoms with Crippen LogP contribution >= 0.6 is 23.2 Å². The molecule has 0 bridgehead atoms. The monoisotopic (exact) mass is 446 g/mol. The molecule has 2 aromatic rings. The number of nitrogens with zero attached hydrogens (tertiary/aromatic N) is 4. The van der Waals surface area contributed by atoms with E-state index in [1.54, 1.807) is 0 Å². The van der Waals surface area contributed by atoms with Crippen molar-refractivity contribution in [3.05, 3.63) is 16.8 Å². The van der Waals surface area contributed by atoms with Crippen LogP contribution < -0.4 is 0 Å². The molecule has 0 aliphatic carbocycles. The molecule has 1 aliphatic heterocycles. The quantitative estimate of drug-likeness (QED) is 0.406. The average molecular weight is 447 g/mol. The van der Waals surface area contributed by atoms with Crippen LogP contribution in [0.15, 0.2) is 6.33 Å². The molecule has 0 spiro atoms. The molecule has 1 fully saturated rings. The van der Waals surface area contributed by atoms with E-state index in [0.717, 1.165) is 31.7 Å². The lowest BCUT2D eigenvalue weighted by Gasteiger charge is -2.37. The van der Waals surface area contributed by atoms with E-state index < -0.39 is 47.0 Å². The Hall–Kier alpha value is -2.02. The molecule has 3 heterocycles. The Kier molecular flexibility index (Phi) is 5.27. The first-order chi connectivity index (χ1) is 13.4. The van der Waals surface area contributed by atoms with Crippen molar-refractivity contribution in [2.45, 2.75) is 50.4 Å². The summed E-state index contributed by atoms with van der Waals surface area (Å²) in [4.78, 5) is 48.2. The summed E-state index contributed by atoms with van der Waals surface area (Å²) in [5.74, 6) is -3.02. The molecule has 156 valence electrons. The number of aromatic nitrogens is 4. The number of rotatable bonds is 5. The highest BCUT2D eigenvalue weighted by molar-refractivity contribution is 6.35. The first kappa shape index (κ1) is 21.7. The van der Waals surface area contributed by atoms with Crippen LogP contribution in [-0.4, -0.2) is 75.6 Å². The van der Waals surface area contributed by atoms with Gasteiger partial charge in [-0.2, -0.15) is 4.98 Å². The summed E-state index contributed by atoms with van der Waals surface area (Å²) in [7, 11) is 0. The van der Waals surface area contributed by atoms with Crippen LogP contribution in [-0.2, 0) is 19.1 Å². The third-order valence-corrected chi connectivity index (χ3v) is 5.44. The summed E-state index contributed by atoms with van der Waals surface area (Å²) < 4.78 is 6.55. The van der Waals surface area contributed by atoms with Crippen molar-refractivity contribution in [1.82, 2.24) is 19.5 Å². The van der Waals surface area contributed by atoms with Crippen molar-refractivity contribution < 1.29 is 34.4 Å². The summed E-state index contributed by atoms with van der Waals surface area (Å²) in [6, 6.07) is 0. The maximum atomic E-state index is 12.5. The lowest BCUT2D eigenvalue weighted by Crippen LogP contribution is -2.67. The van der Waals surface area contributed by atoms with Crippen LogP contribution in [0.5, 0.6) is 0 Å². The molecule has 5 atom stereocenters. The van der Waals surface area contributed by atoms with Gasteiger partial charge in [-0.1, -0.05) is 11.6 Å². The molecule has 0 aromatic carbocycles. The number of aliphatic hydroxyl groups excluding tert-OH is 1. The third-order valence-electron chi connectivity index (χ3n) is 5.01. The van der Waals surface area contributed by atoms with Gasteiger partial charge in [0, 0.05) is 0 Å². The zero-order valence-corrected chi connectivity index (χ0v) is 16.8. The number of hydrogen-bond acceptors (Lipinski definition) is 10. The second kappa shape index (κ2) is 7.04. The predicted molar refractivity (Wildman–Crippen MR) is 97.2 cm³/mol. The van der Waals surface area contributed by atoms with Crippen LogP contribution in [0.3, 0.4) is 0 Å². The number of Topliss-reactive ketones (excluding diaryl/α,β-unsaturated/α-hetero) is 3. The number of ether oxygens (including phenoxy) is 1. The van der Waals surface area contributed by atoms with Gasteiger partial charge in [-0.25, -0.2) is 9.97 Å². The highest BCUT2D eigenvalue weighted by atomic mass is 35.5. The fourth-order valence-electron chi connectivity index (χ4n) is 3.46. The van der Waals surface area contributed by atoms with Gasteiger partial charge in [0.15, 0.2) is 40.0 Å². The van der Waals surface area contributed by atoms with Crippen LogP contribution in [0, 0.1) is 0 Å². The van der Waals surface area contributed by atoms with E-state index in [-0.39, 0.29) is 21.6 Å². The Labute approximate surface area is 173 Å². The number of fused-ring (bicyclic) bond motifs is 1. The van der Waals surface area contributed by atoms with Crippen molar-refractivity contribution in [1.29, 1.82) is 0 Å². The van der Waals surface area contributed by atoms with E-state index >= 15 is 0 Å². The lowest BCUT2D eigenvalue weighted by molar-refractivity contribution is -0.184. The molecule has 0 saturated carbocycles. The van der Waals surface area contributed by atoms with E-state index in [9.17, 15) is 29.7 Å². The van der Waals surface area contributed by atoms with E-state index in [2.05, 4.69) is 15.0 Å². The summed E-state index contributed by atoms with van der Waals surface area (Å²) >= 11 is 11.8. The maximum Gasteiger partial charge on any atom is 0.225 e. The Morgan fingerprint density at radius 2 is 1.72 bits per heavy atom. The standard InChI is InChI=1S/C16H16Cl2N4O7/c1-5(23)9(26)10-15(27,6(2)24)16(28,7(3)25)13(29-10)22-4-19-8-11(17)20-14(18)21-12(8)22/h4,9-10,13,26-28H,1-3H3/t9?,10-,13-,15-,16+/m1/s1. The van der Waals surface area contributed by atoms with Crippen LogP contribution in [0.1, 0.15) is 27.0 Å². The van der Waals surface area contributed by atoms with E-state index in [0.29, 0.717) is 0 Å². The van der Waals surface area contributed by atoms with Gasteiger partial charge in [0.25, 0.3) is 0 Å². The Bertz CT molecular complexity index is 1040. The maximum absolute atomic E-state index is 12.5. The van der Waals surface area contributed by atoms with Gasteiger partial charge in [-0.3, -0.25) is 19.0 Å². The molecule has 1 saturated heterocycles. The third kappa shape index (κ3) is 2.88. The molecule has 3 N–H and O–H groups in total. The molecule has 1 unspecified atom stereocenters. The average Bonchev–Trinajstić information content (AvgIpc) is 3.13. The number of carbonyl (C=O) groups excluding carboxylic acids is 3. The van der Waals surface area contributed by atoms with E-state index in [4.69, 9.17) is 27.9 Å². The molecule has 29 heavy (non-hydrogen) atoms. The first-order valence-electron chi connectivity index (χ1n) is 8.23. The molecule has 13 heteroatoms. The Morgan fingerprint density at radius 3 is 2.24 bits per heavy atom. The molecule has 0 amide bonds. The number of hydrogen-bond donors (Lipinski definition) is 3.